The Morgan fingerprint density at radius 3 is 2.95 bits per heavy atom. The zero-order valence-corrected chi connectivity index (χ0v) is 12.6. The first kappa shape index (κ1) is 14.4. The minimum atomic E-state index is 0.0865. The highest BCUT2D eigenvalue weighted by Crippen LogP contribution is 2.37. The Bertz CT molecular complexity index is 530. The van der Waals surface area contributed by atoms with Gasteiger partial charge >= 0.3 is 0 Å². The highest BCUT2D eigenvalue weighted by atomic mass is 16.5. The molecule has 2 aliphatic carbocycles. The van der Waals surface area contributed by atoms with Crippen molar-refractivity contribution >= 4 is 5.91 Å². The lowest BCUT2D eigenvalue weighted by atomic mass is 9.85. The second-order valence-electron chi connectivity index (χ2n) is 6.25. The van der Waals surface area contributed by atoms with Crippen LogP contribution in [-0.4, -0.2) is 19.1 Å². The Balaban J connectivity index is 1.69. The summed E-state index contributed by atoms with van der Waals surface area (Å²) in [6.07, 6.45) is 5.83. The molecule has 0 radical (unpaired) electrons. The molecule has 3 atom stereocenters. The number of carbonyl (C=O) groups is 1. The van der Waals surface area contributed by atoms with Crippen molar-refractivity contribution in [3.63, 3.8) is 0 Å². The third kappa shape index (κ3) is 2.91. The predicted octanol–water partition coefficient (Wildman–Crippen LogP) is 2.32. The van der Waals surface area contributed by atoms with Crippen LogP contribution in [0.25, 0.3) is 0 Å². The van der Waals surface area contributed by atoms with Crippen LogP contribution >= 0.6 is 0 Å². The van der Waals surface area contributed by atoms with Gasteiger partial charge in [0, 0.05) is 12.0 Å². The number of carbonyl (C=O) groups excluding carboxylic acids is 1. The quantitative estimate of drug-likeness (QED) is 0.897. The van der Waals surface area contributed by atoms with Crippen molar-refractivity contribution in [2.75, 3.05) is 7.11 Å². The molecule has 0 aliphatic heterocycles. The number of benzene rings is 1. The average molecular weight is 288 g/mol. The summed E-state index contributed by atoms with van der Waals surface area (Å²) in [5.41, 5.74) is 8.44. The summed E-state index contributed by atoms with van der Waals surface area (Å²) in [7, 11) is 1.70. The molecule has 1 fully saturated rings. The third-order valence-corrected chi connectivity index (χ3v) is 4.85. The summed E-state index contributed by atoms with van der Waals surface area (Å²) < 4.78 is 5.41. The molecule has 0 heterocycles. The number of fused-ring (bicyclic) bond motifs is 1. The summed E-state index contributed by atoms with van der Waals surface area (Å²) in [6, 6.07) is 6.40. The first-order valence-electron chi connectivity index (χ1n) is 7.90. The van der Waals surface area contributed by atoms with Crippen LogP contribution in [0.1, 0.15) is 49.3 Å². The van der Waals surface area contributed by atoms with E-state index in [1.54, 1.807) is 7.11 Å². The lowest BCUT2D eigenvalue weighted by Crippen LogP contribution is -2.38. The number of ether oxygens (including phenoxy) is 1. The van der Waals surface area contributed by atoms with Gasteiger partial charge in [0.15, 0.2) is 0 Å². The number of nitrogens with two attached hydrogens (primary N) is 1. The van der Waals surface area contributed by atoms with Crippen LogP contribution in [0.15, 0.2) is 18.2 Å². The number of methoxy groups -OCH3 is 1. The molecule has 3 N–H and O–H groups in total. The fourth-order valence-corrected chi connectivity index (χ4v) is 3.72. The van der Waals surface area contributed by atoms with Crippen molar-refractivity contribution in [2.45, 2.75) is 50.6 Å². The van der Waals surface area contributed by atoms with Gasteiger partial charge in [-0.15, -0.1) is 0 Å². The second-order valence-corrected chi connectivity index (χ2v) is 6.25. The molecule has 2 aliphatic rings. The van der Waals surface area contributed by atoms with Crippen molar-refractivity contribution in [3.8, 4) is 5.75 Å². The van der Waals surface area contributed by atoms with E-state index in [2.05, 4.69) is 11.4 Å². The molecule has 1 saturated carbocycles. The summed E-state index contributed by atoms with van der Waals surface area (Å²) >= 11 is 0. The lowest BCUT2D eigenvalue weighted by Gasteiger charge is -2.27. The van der Waals surface area contributed by atoms with Gasteiger partial charge < -0.3 is 15.8 Å². The molecule has 1 aromatic carbocycles. The average Bonchev–Trinajstić information content (AvgIpc) is 2.90. The summed E-state index contributed by atoms with van der Waals surface area (Å²) in [5, 5.41) is 3.23. The number of amides is 1. The third-order valence-electron chi connectivity index (χ3n) is 4.85. The van der Waals surface area contributed by atoms with E-state index in [-0.39, 0.29) is 23.9 Å². The molecule has 114 valence electrons. The fourth-order valence-electron chi connectivity index (χ4n) is 3.72. The van der Waals surface area contributed by atoms with Crippen LogP contribution in [-0.2, 0) is 11.2 Å². The number of hydrogen-bond donors (Lipinski definition) is 2. The zero-order chi connectivity index (χ0) is 14.8. The van der Waals surface area contributed by atoms with Crippen molar-refractivity contribution in [1.82, 2.24) is 5.32 Å². The maximum atomic E-state index is 12.5. The first-order valence-corrected chi connectivity index (χ1v) is 7.90. The largest absolute Gasteiger partial charge is 0.496 e. The lowest BCUT2D eigenvalue weighted by molar-refractivity contribution is -0.126. The van der Waals surface area contributed by atoms with Gasteiger partial charge in [-0.3, -0.25) is 4.79 Å². The molecule has 3 unspecified atom stereocenters. The Kier molecular flexibility index (Phi) is 4.15. The Morgan fingerprint density at radius 1 is 1.33 bits per heavy atom. The van der Waals surface area contributed by atoms with Gasteiger partial charge in [-0.2, -0.15) is 0 Å². The smallest absolute Gasteiger partial charge is 0.223 e. The zero-order valence-electron chi connectivity index (χ0n) is 12.6. The van der Waals surface area contributed by atoms with E-state index in [0.717, 1.165) is 44.3 Å². The van der Waals surface area contributed by atoms with E-state index in [0.29, 0.717) is 0 Å². The molecular formula is C17H24N2O2. The topological polar surface area (TPSA) is 64.3 Å². The SMILES string of the molecule is COc1cccc2c1CCC2NC(=O)C1CCCC(N)C1. The van der Waals surface area contributed by atoms with Crippen LogP contribution in [0, 0.1) is 5.92 Å². The van der Waals surface area contributed by atoms with Crippen molar-refractivity contribution in [1.29, 1.82) is 0 Å². The van der Waals surface area contributed by atoms with Crippen LogP contribution in [0.4, 0.5) is 0 Å². The Morgan fingerprint density at radius 2 is 2.19 bits per heavy atom. The number of nitrogens with one attached hydrogen (secondary N) is 1. The van der Waals surface area contributed by atoms with E-state index >= 15 is 0 Å². The van der Waals surface area contributed by atoms with Gasteiger partial charge in [-0.25, -0.2) is 0 Å². The molecule has 1 amide bonds. The minimum Gasteiger partial charge on any atom is -0.496 e. The maximum Gasteiger partial charge on any atom is 0.223 e. The number of rotatable bonds is 3. The Hall–Kier alpha value is -1.55. The van der Waals surface area contributed by atoms with Crippen LogP contribution in [0.5, 0.6) is 5.75 Å². The Labute approximate surface area is 126 Å². The molecule has 3 rings (SSSR count). The first-order chi connectivity index (χ1) is 10.2. The van der Waals surface area contributed by atoms with Gasteiger partial charge in [-0.1, -0.05) is 18.6 Å². The van der Waals surface area contributed by atoms with Crippen molar-refractivity contribution < 1.29 is 9.53 Å². The van der Waals surface area contributed by atoms with E-state index in [4.69, 9.17) is 10.5 Å². The molecule has 0 saturated heterocycles. The van der Waals surface area contributed by atoms with Crippen molar-refractivity contribution in [2.24, 2.45) is 11.7 Å². The highest BCUT2D eigenvalue weighted by Gasteiger charge is 2.30. The van der Waals surface area contributed by atoms with Crippen molar-refractivity contribution in [3.05, 3.63) is 29.3 Å². The summed E-state index contributed by atoms with van der Waals surface area (Å²) in [5.74, 6) is 1.19. The standard InChI is InChI=1S/C17H24N2O2/c1-21-16-7-3-6-13-14(16)8-9-15(13)19-17(20)11-4-2-5-12(18)10-11/h3,6-7,11-12,15H,2,4-5,8-10,18H2,1H3,(H,19,20). The molecule has 4 nitrogen and oxygen atoms in total. The van der Waals surface area contributed by atoms with Crippen LogP contribution in [0.2, 0.25) is 0 Å². The normalized spacial score (nSPS) is 28.0. The highest BCUT2D eigenvalue weighted by molar-refractivity contribution is 5.79. The van der Waals surface area contributed by atoms with Gasteiger partial charge in [-0.05, 0) is 49.3 Å². The molecule has 0 aromatic heterocycles. The van der Waals surface area contributed by atoms with Gasteiger partial charge in [0.1, 0.15) is 5.75 Å². The molecule has 0 bridgehead atoms. The van der Waals surface area contributed by atoms with E-state index in [1.165, 1.54) is 11.1 Å². The second kappa shape index (κ2) is 6.06. The summed E-state index contributed by atoms with van der Waals surface area (Å²) in [6.45, 7) is 0. The molecular weight excluding hydrogens is 264 g/mol. The number of hydrogen-bond acceptors (Lipinski definition) is 3. The van der Waals surface area contributed by atoms with Gasteiger partial charge in [0.25, 0.3) is 0 Å². The van der Waals surface area contributed by atoms with E-state index < -0.39 is 0 Å². The van der Waals surface area contributed by atoms with Crippen LogP contribution in [0.3, 0.4) is 0 Å². The van der Waals surface area contributed by atoms with E-state index in [1.807, 2.05) is 12.1 Å². The molecule has 21 heavy (non-hydrogen) atoms. The maximum absolute atomic E-state index is 12.5. The van der Waals surface area contributed by atoms with Gasteiger partial charge in [0.2, 0.25) is 5.91 Å². The predicted molar refractivity (Wildman–Crippen MR) is 82.1 cm³/mol. The van der Waals surface area contributed by atoms with E-state index in [9.17, 15) is 4.79 Å². The molecule has 4 heteroatoms. The fraction of sp³-hybridized carbons (Fsp3) is 0.588. The minimum absolute atomic E-state index is 0.0865. The summed E-state index contributed by atoms with van der Waals surface area (Å²) in [4.78, 5) is 12.5. The van der Waals surface area contributed by atoms with Crippen LogP contribution < -0.4 is 15.8 Å². The van der Waals surface area contributed by atoms with Gasteiger partial charge in [0.05, 0.1) is 13.2 Å². The monoisotopic (exact) mass is 288 g/mol. The molecule has 1 aromatic rings. The molecule has 0 spiro atoms.